The van der Waals surface area contributed by atoms with Crippen LogP contribution in [0.15, 0.2) is 6.07 Å². The van der Waals surface area contributed by atoms with Crippen LogP contribution in [0.5, 0.6) is 0 Å². The SMILES string of the molecule is CCCCCc1cc(C(=O)O)sn1. The summed E-state index contributed by atoms with van der Waals surface area (Å²) in [4.78, 5) is 10.9. The molecule has 0 bridgehead atoms. The van der Waals surface area contributed by atoms with Gasteiger partial charge in [-0.15, -0.1) is 0 Å². The van der Waals surface area contributed by atoms with Crippen LogP contribution < -0.4 is 0 Å². The monoisotopic (exact) mass is 199 g/mol. The van der Waals surface area contributed by atoms with Gasteiger partial charge >= 0.3 is 5.97 Å². The highest BCUT2D eigenvalue weighted by molar-refractivity contribution is 7.08. The predicted molar refractivity (Wildman–Crippen MR) is 52.3 cm³/mol. The molecule has 1 aromatic heterocycles. The van der Waals surface area contributed by atoms with Crippen LogP contribution in [0.1, 0.15) is 41.6 Å². The van der Waals surface area contributed by atoms with E-state index in [9.17, 15) is 4.79 Å². The Morgan fingerprint density at radius 3 is 2.92 bits per heavy atom. The van der Waals surface area contributed by atoms with Crippen molar-refractivity contribution < 1.29 is 9.90 Å². The zero-order valence-corrected chi connectivity index (χ0v) is 8.43. The third-order valence-electron chi connectivity index (χ3n) is 1.81. The van der Waals surface area contributed by atoms with Crippen molar-refractivity contribution in [2.24, 2.45) is 0 Å². The van der Waals surface area contributed by atoms with Gasteiger partial charge in [0.15, 0.2) is 0 Å². The molecule has 0 atom stereocenters. The average molecular weight is 199 g/mol. The summed E-state index contributed by atoms with van der Waals surface area (Å²) in [5, 5.41) is 8.64. The van der Waals surface area contributed by atoms with E-state index in [1.807, 2.05) is 0 Å². The van der Waals surface area contributed by atoms with E-state index in [2.05, 4.69) is 11.3 Å². The van der Waals surface area contributed by atoms with Crippen molar-refractivity contribution in [3.8, 4) is 0 Å². The number of aromatic nitrogens is 1. The molecule has 0 aliphatic carbocycles. The summed E-state index contributed by atoms with van der Waals surface area (Å²) < 4.78 is 4.07. The van der Waals surface area contributed by atoms with Gasteiger partial charge in [0.2, 0.25) is 0 Å². The molecule has 0 saturated heterocycles. The van der Waals surface area contributed by atoms with E-state index in [1.54, 1.807) is 6.07 Å². The van der Waals surface area contributed by atoms with Crippen molar-refractivity contribution >= 4 is 17.5 Å². The Balaban J connectivity index is 2.44. The second-order valence-electron chi connectivity index (χ2n) is 2.94. The molecule has 3 nitrogen and oxygen atoms in total. The Bertz CT molecular complexity index is 283. The number of hydrogen-bond acceptors (Lipinski definition) is 3. The summed E-state index contributed by atoms with van der Waals surface area (Å²) in [5.74, 6) is -0.876. The third kappa shape index (κ3) is 3.14. The molecule has 1 rings (SSSR count). The minimum absolute atomic E-state index is 0.339. The van der Waals surface area contributed by atoms with Crippen LogP contribution >= 0.6 is 11.5 Å². The van der Waals surface area contributed by atoms with Crippen LogP contribution in [0.4, 0.5) is 0 Å². The van der Waals surface area contributed by atoms with Crippen molar-refractivity contribution in [1.82, 2.24) is 4.37 Å². The molecule has 13 heavy (non-hydrogen) atoms. The Morgan fingerprint density at radius 1 is 1.62 bits per heavy atom. The molecule has 1 heterocycles. The first-order valence-electron chi connectivity index (χ1n) is 4.43. The molecule has 0 unspecified atom stereocenters. The van der Waals surface area contributed by atoms with Gasteiger partial charge in [0.05, 0.1) is 5.69 Å². The highest BCUT2D eigenvalue weighted by Gasteiger charge is 2.07. The van der Waals surface area contributed by atoms with E-state index in [4.69, 9.17) is 5.11 Å². The molecule has 0 amide bonds. The predicted octanol–water partition coefficient (Wildman–Crippen LogP) is 2.57. The number of carboxylic acid groups (broad SMARTS) is 1. The fourth-order valence-corrected chi connectivity index (χ4v) is 1.71. The number of nitrogens with zero attached hydrogens (tertiary/aromatic N) is 1. The molecule has 0 saturated carbocycles. The molecule has 72 valence electrons. The Labute approximate surface area is 81.6 Å². The lowest BCUT2D eigenvalue weighted by atomic mass is 10.1. The van der Waals surface area contributed by atoms with Crippen LogP contribution in [-0.4, -0.2) is 15.4 Å². The first-order chi connectivity index (χ1) is 6.24. The molecule has 0 fully saturated rings. The molecule has 1 N–H and O–H groups in total. The van der Waals surface area contributed by atoms with Crippen LogP contribution in [0.2, 0.25) is 0 Å². The molecule has 0 aromatic carbocycles. The standard InChI is InChI=1S/C9H13NO2S/c1-2-3-4-5-7-6-8(9(11)12)13-10-7/h6H,2-5H2,1H3,(H,11,12). The van der Waals surface area contributed by atoms with Crippen molar-refractivity contribution in [3.63, 3.8) is 0 Å². The lowest BCUT2D eigenvalue weighted by molar-refractivity contribution is 0.0702. The van der Waals surface area contributed by atoms with Gasteiger partial charge in [-0.25, -0.2) is 4.79 Å². The smallest absolute Gasteiger partial charge is 0.347 e. The minimum Gasteiger partial charge on any atom is -0.477 e. The zero-order chi connectivity index (χ0) is 9.68. The molecular weight excluding hydrogens is 186 g/mol. The third-order valence-corrected chi connectivity index (χ3v) is 2.62. The number of aromatic carboxylic acids is 1. The van der Waals surface area contributed by atoms with Gasteiger partial charge in [-0.05, 0) is 30.4 Å². The van der Waals surface area contributed by atoms with Gasteiger partial charge in [-0.3, -0.25) is 0 Å². The normalized spacial score (nSPS) is 10.2. The molecule has 0 spiro atoms. The zero-order valence-electron chi connectivity index (χ0n) is 7.62. The van der Waals surface area contributed by atoms with E-state index in [1.165, 1.54) is 12.8 Å². The summed E-state index contributed by atoms with van der Waals surface area (Å²) in [6, 6.07) is 1.67. The molecule has 4 heteroatoms. The van der Waals surface area contributed by atoms with E-state index >= 15 is 0 Å². The number of carboxylic acids is 1. The van der Waals surface area contributed by atoms with E-state index in [-0.39, 0.29) is 0 Å². The highest BCUT2D eigenvalue weighted by Crippen LogP contribution is 2.12. The van der Waals surface area contributed by atoms with Crippen molar-refractivity contribution in [2.75, 3.05) is 0 Å². The molecule has 1 aromatic rings. The largest absolute Gasteiger partial charge is 0.477 e. The number of rotatable bonds is 5. The van der Waals surface area contributed by atoms with Crippen LogP contribution in [0.25, 0.3) is 0 Å². The molecule has 0 aliphatic rings. The molecule has 0 radical (unpaired) electrons. The number of carbonyl (C=O) groups is 1. The number of aryl methyl sites for hydroxylation is 1. The quantitative estimate of drug-likeness (QED) is 0.741. The fraction of sp³-hybridized carbons (Fsp3) is 0.556. The summed E-state index contributed by atoms with van der Waals surface area (Å²) in [6.45, 7) is 2.14. The van der Waals surface area contributed by atoms with Crippen LogP contribution in [-0.2, 0) is 6.42 Å². The van der Waals surface area contributed by atoms with E-state index < -0.39 is 5.97 Å². The fourth-order valence-electron chi connectivity index (χ4n) is 1.09. The van der Waals surface area contributed by atoms with Gasteiger partial charge in [-0.2, -0.15) is 4.37 Å². The van der Waals surface area contributed by atoms with Crippen LogP contribution in [0, 0.1) is 0 Å². The summed E-state index contributed by atoms with van der Waals surface area (Å²) in [7, 11) is 0. The first-order valence-corrected chi connectivity index (χ1v) is 5.20. The maximum absolute atomic E-state index is 10.5. The first kappa shape index (κ1) is 10.2. The lowest BCUT2D eigenvalue weighted by Gasteiger charge is -1.92. The second-order valence-corrected chi connectivity index (χ2v) is 3.75. The van der Waals surface area contributed by atoms with Gasteiger partial charge in [0.1, 0.15) is 4.88 Å². The topological polar surface area (TPSA) is 50.2 Å². The molecular formula is C9H13NO2S. The van der Waals surface area contributed by atoms with Crippen molar-refractivity contribution in [1.29, 1.82) is 0 Å². The Hall–Kier alpha value is -0.900. The average Bonchev–Trinajstić information content (AvgIpc) is 2.53. The summed E-state index contributed by atoms with van der Waals surface area (Å²) in [6.07, 6.45) is 4.35. The minimum atomic E-state index is -0.876. The van der Waals surface area contributed by atoms with Crippen LogP contribution in [0.3, 0.4) is 0 Å². The second kappa shape index (κ2) is 4.97. The van der Waals surface area contributed by atoms with Gasteiger partial charge in [-0.1, -0.05) is 19.8 Å². The van der Waals surface area contributed by atoms with E-state index in [0.717, 1.165) is 30.1 Å². The number of unbranched alkanes of at least 4 members (excludes halogenated alkanes) is 2. The Morgan fingerprint density at radius 2 is 2.38 bits per heavy atom. The van der Waals surface area contributed by atoms with E-state index in [0.29, 0.717) is 4.88 Å². The number of hydrogen-bond donors (Lipinski definition) is 1. The van der Waals surface area contributed by atoms with Gasteiger partial charge in [0, 0.05) is 0 Å². The summed E-state index contributed by atoms with van der Waals surface area (Å²) in [5.41, 5.74) is 0.913. The maximum Gasteiger partial charge on any atom is 0.347 e. The van der Waals surface area contributed by atoms with Gasteiger partial charge < -0.3 is 5.11 Å². The lowest BCUT2D eigenvalue weighted by Crippen LogP contribution is -1.90. The van der Waals surface area contributed by atoms with Crippen molar-refractivity contribution in [3.05, 3.63) is 16.6 Å². The highest BCUT2D eigenvalue weighted by atomic mass is 32.1. The summed E-state index contributed by atoms with van der Waals surface area (Å²) >= 11 is 1.07. The maximum atomic E-state index is 10.5. The van der Waals surface area contributed by atoms with Gasteiger partial charge in [0.25, 0.3) is 0 Å². The molecule has 0 aliphatic heterocycles. The van der Waals surface area contributed by atoms with Crippen molar-refractivity contribution in [2.45, 2.75) is 32.6 Å². The Kier molecular flexibility index (Phi) is 3.89.